The molecule has 2 aromatic carbocycles. The third-order valence-corrected chi connectivity index (χ3v) is 4.07. The maximum absolute atomic E-state index is 12.4. The molecular weight excluding hydrogens is 363 g/mol. The van der Waals surface area contributed by atoms with E-state index in [1.54, 1.807) is 35.8 Å². The molecule has 0 heterocycles. The zero-order valence-electron chi connectivity index (χ0n) is 12.5. The summed E-state index contributed by atoms with van der Waals surface area (Å²) in [4.78, 5) is 10.9. The summed E-state index contributed by atoms with van der Waals surface area (Å²) in [5.74, 6) is 0. The van der Waals surface area contributed by atoms with Crippen molar-refractivity contribution in [3.05, 3.63) is 65.7 Å². The lowest BCUT2D eigenvalue weighted by molar-refractivity contribution is -0.137. The first-order valence-electron chi connectivity index (χ1n) is 6.76. The second kappa shape index (κ2) is 7.53. The standard InChI is InChI=1S/C15H12F3NO5S/c16-15(17,18)12-6-8-13(9-7-12)25(21,22)24-19-14(20)23-10-11-4-2-1-3-5-11/h1-9H,10H2,(H,19,20). The molecule has 2 rings (SSSR count). The van der Waals surface area contributed by atoms with E-state index in [0.29, 0.717) is 17.7 Å². The Kier molecular flexibility index (Phi) is 5.65. The molecule has 0 atom stereocenters. The highest BCUT2D eigenvalue weighted by molar-refractivity contribution is 7.86. The zero-order valence-corrected chi connectivity index (χ0v) is 13.3. The van der Waals surface area contributed by atoms with Crippen molar-refractivity contribution < 1.29 is 35.4 Å². The zero-order chi connectivity index (χ0) is 18.5. The third-order valence-electron chi connectivity index (χ3n) is 2.92. The quantitative estimate of drug-likeness (QED) is 0.812. The highest BCUT2D eigenvalue weighted by Gasteiger charge is 2.30. The molecule has 0 radical (unpaired) electrons. The normalized spacial score (nSPS) is 11.8. The van der Waals surface area contributed by atoms with E-state index in [4.69, 9.17) is 4.74 Å². The molecule has 0 saturated heterocycles. The molecule has 2 aromatic rings. The largest absolute Gasteiger partial charge is 0.443 e. The highest BCUT2D eigenvalue weighted by atomic mass is 32.2. The van der Waals surface area contributed by atoms with Gasteiger partial charge in [0.1, 0.15) is 6.61 Å². The van der Waals surface area contributed by atoms with Gasteiger partial charge in [0, 0.05) is 0 Å². The van der Waals surface area contributed by atoms with E-state index >= 15 is 0 Å². The Morgan fingerprint density at radius 2 is 1.60 bits per heavy atom. The highest BCUT2D eigenvalue weighted by Crippen LogP contribution is 2.29. The lowest BCUT2D eigenvalue weighted by Gasteiger charge is -2.09. The van der Waals surface area contributed by atoms with Crippen LogP contribution < -0.4 is 5.48 Å². The summed E-state index contributed by atoms with van der Waals surface area (Å²) < 4.78 is 69.9. The average molecular weight is 375 g/mol. The maximum Gasteiger partial charge on any atom is 0.432 e. The number of nitrogens with one attached hydrogen (secondary N) is 1. The summed E-state index contributed by atoms with van der Waals surface area (Å²) >= 11 is 0. The van der Waals surface area contributed by atoms with Gasteiger partial charge in [-0.05, 0) is 29.8 Å². The number of rotatable bonds is 5. The Bertz CT molecular complexity index is 820. The van der Waals surface area contributed by atoms with Crippen LogP contribution in [-0.2, 0) is 31.9 Å². The molecule has 1 N–H and O–H groups in total. The Morgan fingerprint density at radius 3 is 2.16 bits per heavy atom. The van der Waals surface area contributed by atoms with Crippen molar-refractivity contribution in [3.8, 4) is 0 Å². The van der Waals surface area contributed by atoms with Gasteiger partial charge in [-0.1, -0.05) is 30.3 Å². The van der Waals surface area contributed by atoms with Crippen LogP contribution in [0, 0.1) is 0 Å². The van der Waals surface area contributed by atoms with E-state index in [-0.39, 0.29) is 6.61 Å². The van der Waals surface area contributed by atoms with Crippen molar-refractivity contribution in [2.45, 2.75) is 17.7 Å². The molecule has 0 aliphatic carbocycles. The van der Waals surface area contributed by atoms with Crippen LogP contribution in [0.2, 0.25) is 0 Å². The van der Waals surface area contributed by atoms with Crippen LogP contribution in [0.3, 0.4) is 0 Å². The summed E-state index contributed by atoms with van der Waals surface area (Å²) in [7, 11) is -4.48. The van der Waals surface area contributed by atoms with Crippen molar-refractivity contribution in [1.82, 2.24) is 5.48 Å². The van der Waals surface area contributed by atoms with Gasteiger partial charge >= 0.3 is 22.4 Å². The van der Waals surface area contributed by atoms with Gasteiger partial charge in [0.05, 0.1) is 10.5 Å². The van der Waals surface area contributed by atoms with E-state index in [1.807, 2.05) is 0 Å². The summed E-state index contributed by atoms with van der Waals surface area (Å²) in [5.41, 5.74) is 1.22. The molecule has 1 amide bonds. The molecule has 0 aliphatic heterocycles. The number of hydrogen-bond acceptors (Lipinski definition) is 5. The molecule has 0 bridgehead atoms. The first-order valence-corrected chi connectivity index (χ1v) is 8.17. The number of carbonyl (C=O) groups excluding carboxylic acids is 1. The van der Waals surface area contributed by atoms with Crippen molar-refractivity contribution in [1.29, 1.82) is 0 Å². The molecular formula is C15H12F3NO5S. The van der Waals surface area contributed by atoms with E-state index in [1.165, 1.54) is 0 Å². The van der Waals surface area contributed by atoms with Gasteiger partial charge in [0.2, 0.25) is 0 Å². The van der Waals surface area contributed by atoms with Crippen LogP contribution in [0.1, 0.15) is 11.1 Å². The second-order valence-corrected chi connectivity index (χ2v) is 6.27. The number of halogens is 3. The molecule has 0 spiro atoms. The Labute approximate surface area is 141 Å². The van der Waals surface area contributed by atoms with Crippen molar-refractivity contribution in [3.63, 3.8) is 0 Å². The number of hydrogen-bond donors (Lipinski definition) is 1. The average Bonchev–Trinajstić information content (AvgIpc) is 2.58. The van der Waals surface area contributed by atoms with E-state index in [2.05, 4.69) is 4.28 Å². The number of benzene rings is 2. The minimum absolute atomic E-state index is 0.115. The van der Waals surface area contributed by atoms with Gasteiger partial charge in [-0.3, -0.25) is 0 Å². The van der Waals surface area contributed by atoms with Crippen molar-refractivity contribution in [2.75, 3.05) is 0 Å². The number of carbonyl (C=O) groups is 1. The van der Waals surface area contributed by atoms with Gasteiger partial charge in [0.25, 0.3) is 0 Å². The number of ether oxygens (including phenoxy) is 1. The van der Waals surface area contributed by atoms with Gasteiger partial charge in [-0.2, -0.15) is 27.1 Å². The Morgan fingerprint density at radius 1 is 1.00 bits per heavy atom. The van der Waals surface area contributed by atoms with Crippen molar-refractivity contribution in [2.24, 2.45) is 0 Å². The van der Waals surface area contributed by atoms with Crippen LogP contribution >= 0.6 is 0 Å². The number of amides is 1. The molecule has 0 aliphatic rings. The van der Waals surface area contributed by atoms with E-state index < -0.39 is 32.8 Å². The summed E-state index contributed by atoms with van der Waals surface area (Å²) in [6, 6.07) is 11.2. The van der Waals surface area contributed by atoms with Crippen LogP contribution in [0.25, 0.3) is 0 Å². The fourth-order valence-electron chi connectivity index (χ4n) is 1.70. The van der Waals surface area contributed by atoms with Crippen LogP contribution in [0.4, 0.5) is 18.0 Å². The van der Waals surface area contributed by atoms with Crippen LogP contribution in [-0.4, -0.2) is 14.5 Å². The van der Waals surface area contributed by atoms with Crippen molar-refractivity contribution >= 4 is 16.2 Å². The Balaban J connectivity index is 1.91. The SMILES string of the molecule is O=C(NOS(=O)(=O)c1ccc(C(F)(F)F)cc1)OCc1ccccc1. The lowest BCUT2D eigenvalue weighted by atomic mass is 10.2. The molecule has 0 fully saturated rings. The Hall–Kier alpha value is -2.59. The first kappa shape index (κ1) is 18.7. The predicted molar refractivity (Wildman–Crippen MR) is 79.5 cm³/mol. The van der Waals surface area contributed by atoms with E-state index in [0.717, 1.165) is 12.1 Å². The summed E-state index contributed by atoms with van der Waals surface area (Å²) in [6.07, 6.45) is -5.76. The lowest BCUT2D eigenvalue weighted by Crippen LogP contribution is -2.27. The molecule has 0 unspecified atom stereocenters. The molecule has 0 aromatic heterocycles. The van der Waals surface area contributed by atoms with Crippen LogP contribution in [0.5, 0.6) is 0 Å². The second-order valence-electron chi connectivity index (χ2n) is 4.72. The topological polar surface area (TPSA) is 81.7 Å². The van der Waals surface area contributed by atoms with Gasteiger partial charge < -0.3 is 4.74 Å². The minimum Gasteiger partial charge on any atom is -0.443 e. The monoisotopic (exact) mass is 375 g/mol. The maximum atomic E-state index is 12.4. The molecule has 25 heavy (non-hydrogen) atoms. The third kappa shape index (κ3) is 5.47. The minimum atomic E-state index is -4.59. The fraction of sp³-hybridized carbons (Fsp3) is 0.133. The summed E-state index contributed by atoms with van der Waals surface area (Å²) in [6.45, 7) is -0.115. The number of hydroxylamine groups is 1. The number of alkyl halides is 3. The molecule has 10 heteroatoms. The van der Waals surface area contributed by atoms with E-state index in [9.17, 15) is 26.4 Å². The van der Waals surface area contributed by atoms with Gasteiger partial charge in [-0.15, -0.1) is 4.28 Å². The molecule has 0 saturated carbocycles. The smallest absolute Gasteiger partial charge is 0.432 e. The van der Waals surface area contributed by atoms with Gasteiger partial charge in [-0.25, -0.2) is 4.79 Å². The van der Waals surface area contributed by atoms with Crippen LogP contribution in [0.15, 0.2) is 59.5 Å². The van der Waals surface area contributed by atoms with Gasteiger partial charge in [0.15, 0.2) is 0 Å². The summed E-state index contributed by atoms with van der Waals surface area (Å²) in [5, 5.41) is 0. The fourth-order valence-corrected chi connectivity index (χ4v) is 2.44. The predicted octanol–water partition coefficient (Wildman–Crippen LogP) is 3.25. The molecule has 134 valence electrons. The first-order chi connectivity index (χ1) is 11.7. The molecule has 6 nitrogen and oxygen atoms in total.